The minimum Gasteiger partial charge on any atom is -0.391 e. The Hall–Kier alpha value is -1.06. The summed E-state index contributed by atoms with van der Waals surface area (Å²) >= 11 is 3.60. The molecule has 0 heterocycles. The van der Waals surface area contributed by atoms with Crippen LogP contribution in [0.25, 0.3) is 10.8 Å². The second kappa shape index (κ2) is 6.15. The van der Waals surface area contributed by atoms with Crippen LogP contribution in [0.3, 0.4) is 0 Å². The summed E-state index contributed by atoms with van der Waals surface area (Å²) in [6, 6.07) is 12.7. The van der Waals surface area contributed by atoms with E-state index in [9.17, 15) is 5.11 Å². The van der Waals surface area contributed by atoms with E-state index >= 15 is 0 Å². The molecule has 0 bridgehead atoms. The zero-order valence-electron chi connectivity index (χ0n) is 11.5. The predicted octanol–water partition coefficient (Wildman–Crippen LogP) is 4.71. The van der Waals surface area contributed by atoms with E-state index in [1.807, 2.05) is 0 Å². The van der Waals surface area contributed by atoms with Gasteiger partial charge in [-0.1, -0.05) is 59.5 Å². The minimum absolute atomic E-state index is 0.169. The first kappa shape index (κ1) is 13.9. The van der Waals surface area contributed by atoms with Crippen molar-refractivity contribution in [1.82, 2.24) is 0 Å². The molecule has 0 saturated heterocycles. The summed E-state index contributed by atoms with van der Waals surface area (Å²) in [5.41, 5.74) is 1.12. The Kier molecular flexibility index (Phi) is 4.27. The van der Waals surface area contributed by atoms with E-state index in [1.54, 1.807) is 0 Å². The molecule has 1 fully saturated rings. The SMILES string of the molecule is OC1CCCCCC1Nc1ccc(Br)c2ccccc12. The number of anilines is 1. The molecule has 2 aromatic carbocycles. The summed E-state index contributed by atoms with van der Waals surface area (Å²) in [7, 11) is 0. The molecule has 0 radical (unpaired) electrons. The molecule has 1 aliphatic rings. The Bertz CT molecular complexity index is 599. The van der Waals surface area contributed by atoms with Gasteiger partial charge in [-0.3, -0.25) is 0 Å². The summed E-state index contributed by atoms with van der Waals surface area (Å²) in [6.07, 6.45) is 5.29. The van der Waals surface area contributed by atoms with Gasteiger partial charge in [0.05, 0.1) is 12.1 Å². The van der Waals surface area contributed by atoms with Crippen LogP contribution >= 0.6 is 15.9 Å². The second-order valence-electron chi connectivity index (χ2n) is 5.60. The van der Waals surface area contributed by atoms with E-state index in [2.05, 4.69) is 57.6 Å². The number of fused-ring (bicyclic) bond motifs is 1. The van der Waals surface area contributed by atoms with Crippen LogP contribution in [0.15, 0.2) is 40.9 Å². The largest absolute Gasteiger partial charge is 0.391 e. The molecule has 2 aromatic rings. The molecule has 2 unspecified atom stereocenters. The third kappa shape index (κ3) is 2.84. The van der Waals surface area contributed by atoms with Gasteiger partial charge in [0.1, 0.15) is 0 Å². The van der Waals surface area contributed by atoms with Crippen LogP contribution in [0.4, 0.5) is 5.69 Å². The fourth-order valence-electron chi connectivity index (χ4n) is 3.04. The lowest BCUT2D eigenvalue weighted by atomic mass is 10.0. The van der Waals surface area contributed by atoms with Crippen LogP contribution in [-0.4, -0.2) is 17.3 Å². The van der Waals surface area contributed by atoms with Crippen LogP contribution < -0.4 is 5.32 Å². The smallest absolute Gasteiger partial charge is 0.0741 e. The number of hydrogen-bond acceptors (Lipinski definition) is 2. The highest BCUT2D eigenvalue weighted by Gasteiger charge is 2.21. The van der Waals surface area contributed by atoms with Crippen LogP contribution in [-0.2, 0) is 0 Å². The van der Waals surface area contributed by atoms with Gasteiger partial charge in [0.15, 0.2) is 0 Å². The molecule has 2 nitrogen and oxygen atoms in total. The summed E-state index contributed by atoms with van der Waals surface area (Å²) < 4.78 is 1.11. The summed E-state index contributed by atoms with van der Waals surface area (Å²) in [5, 5.41) is 16.3. The van der Waals surface area contributed by atoms with Crippen LogP contribution in [0.5, 0.6) is 0 Å². The van der Waals surface area contributed by atoms with Gasteiger partial charge in [-0.2, -0.15) is 0 Å². The maximum absolute atomic E-state index is 10.3. The molecule has 106 valence electrons. The van der Waals surface area contributed by atoms with Gasteiger partial charge < -0.3 is 10.4 Å². The predicted molar refractivity (Wildman–Crippen MR) is 88.2 cm³/mol. The number of halogens is 1. The van der Waals surface area contributed by atoms with Crippen molar-refractivity contribution in [3.63, 3.8) is 0 Å². The third-order valence-corrected chi connectivity index (χ3v) is 4.88. The molecule has 0 spiro atoms. The van der Waals surface area contributed by atoms with E-state index in [4.69, 9.17) is 0 Å². The highest BCUT2D eigenvalue weighted by atomic mass is 79.9. The van der Waals surface area contributed by atoms with Crippen molar-refractivity contribution in [3.8, 4) is 0 Å². The maximum atomic E-state index is 10.3. The number of aliphatic hydroxyl groups excluding tert-OH is 1. The first-order valence-electron chi connectivity index (χ1n) is 7.37. The second-order valence-corrected chi connectivity index (χ2v) is 6.45. The number of nitrogens with one attached hydrogen (secondary N) is 1. The Morgan fingerprint density at radius 1 is 0.950 bits per heavy atom. The average Bonchev–Trinajstić information content (AvgIpc) is 2.67. The van der Waals surface area contributed by atoms with E-state index in [0.717, 1.165) is 29.4 Å². The van der Waals surface area contributed by atoms with E-state index in [1.165, 1.54) is 23.6 Å². The molecular formula is C17H20BrNO. The molecule has 0 amide bonds. The van der Waals surface area contributed by atoms with Crippen molar-refractivity contribution in [2.45, 2.75) is 44.2 Å². The van der Waals surface area contributed by atoms with E-state index in [-0.39, 0.29) is 12.1 Å². The van der Waals surface area contributed by atoms with Crippen molar-refractivity contribution in [2.75, 3.05) is 5.32 Å². The summed E-state index contributed by atoms with van der Waals surface area (Å²) in [5.74, 6) is 0. The third-order valence-electron chi connectivity index (χ3n) is 4.19. The van der Waals surface area contributed by atoms with Gasteiger partial charge >= 0.3 is 0 Å². The molecule has 2 N–H and O–H groups in total. The fourth-order valence-corrected chi connectivity index (χ4v) is 3.52. The molecule has 0 aromatic heterocycles. The minimum atomic E-state index is -0.236. The highest BCUT2D eigenvalue weighted by molar-refractivity contribution is 9.10. The average molecular weight is 334 g/mol. The zero-order chi connectivity index (χ0) is 13.9. The number of hydrogen-bond donors (Lipinski definition) is 2. The van der Waals surface area contributed by atoms with Crippen molar-refractivity contribution in [1.29, 1.82) is 0 Å². The van der Waals surface area contributed by atoms with Crippen molar-refractivity contribution in [3.05, 3.63) is 40.9 Å². The normalized spacial score (nSPS) is 23.5. The number of rotatable bonds is 2. The zero-order valence-corrected chi connectivity index (χ0v) is 13.1. The molecule has 20 heavy (non-hydrogen) atoms. The van der Waals surface area contributed by atoms with Gasteiger partial charge in [0.2, 0.25) is 0 Å². The van der Waals surface area contributed by atoms with Gasteiger partial charge in [-0.15, -0.1) is 0 Å². The van der Waals surface area contributed by atoms with E-state index < -0.39 is 0 Å². The lowest BCUT2D eigenvalue weighted by molar-refractivity contribution is 0.144. The summed E-state index contributed by atoms with van der Waals surface area (Å²) in [6.45, 7) is 0. The molecule has 3 heteroatoms. The van der Waals surface area contributed by atoms with Crippen LogP contribution in [0.2, 0.25) is 0 Å². The van der Waals surface area contributed by atoms with Gasteiger partial charge in [-0.05, 0) is 30.4 Å². The lowest BCUT2D eigenvalue weighted by Gasteiger charge is -2.24. The lowest BCUT2D eigenvalue weighted by Crippen LogP contribution is -2.32. The quantitative estimate of drug-likeness (QED) is 0.780. The highest BCUT2D eigenvalue weighted by Crippen LogP contribution is 2.31. The van der Waals surface area contributed by atoms with Crippen LogP contribution in [0.1, 0.15) is 32.1 Å². The Balaban J connectivity index is 1.92. The fraction of sp³-hybridized carbons (Fsp3) is 0.412. The van der Waals surface area contributed by atoms with E-state index in [0.29, 0.717) is 0 Å². The standard InChI is InChI=1S/C17H20BrNO/c18-14-10-11-15(13-7-5-4-6-12(13)14)19-16-8-2-1-3-9-17(16)20/h4-7,10-11,16-17,19-20H,1-3,8-9H2. The van der Waals surface area contributed by atoms with Crippen molar-refractivity contribution < 1.29 is 5.11 Å². The first-order valence-corrected chi connectivity index (χ1v) is 8.17. The van der Waals surface area contributed by atoms with Crippen molar-refractivity contribution >= 4 is 32.4 Å². The molecule has 1 saturated carbocycles. The Morgan fingerprint density at radius 3 is 2.55 bits per heavy atom. The topological polar surface area (TPSA) is 32.3 Å². The van der Waals surface area contributed by atoms with Crippen LogP contribution in [0, 0.1) is 0 Å². The number of aliphatic hydroxyl groups is 1. The monoisotopic (exact) mass is 333 g/mol. The maximum Gasteiger partial charge on any atom is 0.0741 e. The Morgan fingerprint density at radius 2 is 1.70 bits per heavy atom. The molecule has 2 atom stereocenters. The summed E-state index contributed by atoms with van der Waals surface area (Å²) in [4.78, 5) is 0. The van der Waals surface area contributed by atoms with Gasteiger partial charge in [-0.25, -0.2) is 0 Å². The number of benzene rings is 2. The van der Waals surface area contributed by atoms with Crippen molar-refractivity contribution in [2.24, 2.45) is 0 Å². The van der Waals surface area contributed by atoms with Gasteiger partial charge in [0, 0.05) is 15.5 Å². The molecular weight excluding hydrogens is 314 g/mol. The molecule has 1 aliphatic carbocycles. The Labute approximate surface area is 128 Å². The van der Waals surface area contributed by atoms with Gasteiger partial charge in [0.25, 0.3) is 0 Å². The molecule has 0 aliphatic heterocycles. The molecule has 3 rings (SSSR count). The first-order chi connectivity index (χ1) is 9.75.